The molecule has 0 amide bonds. The lowest BCUT2D eigenvalue weighted by molar-refractivity contribution is 0.412. The van der Waals surface area contributed by atoms with E-state index in [-0.39, 0.29) is 11.6 Å². The van der Waals surface area contributed by atoms with Crippen molar-refractivity contribution in [2.24, 2.45) is 5.84 Å². The number of hydrogen-bond donors (Lipinski definition) is 3. The van der Waals surface area contributed by atoms with Crippen LogP contribution >= 0.6 is 15.9 Å². The third-order valence-electron chi connectivity index (χ3n) is 2.48. The number of anilines is 3. The maximum atomic E-state index is 13.6. The summed E-state index contributed by atoms with van der Waals surface area (Å²) in [5.74, 6) is 3.56. The van der Waals surface area contributed by atoms with E-state index < -0.39 is 11.6 Å². The van der Waals surface area contributed by atoms with Gasteiger partial charge in [-0.1, -0.05) is 0 Å². The van der Waals surface area contributed by atoms with Crippen LogP contribution in [-0.4, -0.2) is 12.1 Å². The Morgan fingerprint density at radius 2 is 1.90 bits per heavy atom. The van der Waals surface area contributed by atoms with Gasteiger partial charge < -0.3 is 15.5 Å². The first-order valence-corrected chi connectivity index (χ1v) is 6.27. The molecule has 0 aliphatic heterocycles. The van der Waals surface area contributed by atoms with Crippen molar-refractivity contribution in [3.63, 3.8) is 0 Å². The summed E-state index contributed by atoms with van der Waals surface area (Å²) in [5, 5.41) is 2.73. The Hall–Kier alpha value is -1.93. The predicted octanol–water partition coefficient (Wildman–Crippen LogP) is 3.16. The molecule has 0 saturated heterocycles. The van der Waals surface area contributed by atoms with Gasteiger partial charge in [0.25, 0.3) is 0 Å². The highest BCUT2D eigenvalue weighted by Gasteiger charge is 2.12. The van der Waals surface area contributed by atoms with E-state index in [4.69, 9.17) is 10.6 Å². The van der Waals surface area contributed by atoms with Gasteiger partial charge in [0.2, 0.25) is 0 Å². The van der Waals surface area contributed by atoms with Gasteiger partial charge in [-0.05, 0) is 28.1 Å². The topological polar surface area (TPSA) is 72.2 Å². The number of benzene rings is 1. The van der Waals surface area contributed by atoms with Crippen LogP contribution in [0.5, 0.6) is 5.75 Å². The van der Waals surface area contributed by atoms with Crippen LogP contribution in [0.4, 0.5) is 26.1 Å². The fourth-order valence-electron chi connectivity index (χ4n) is 1.53. The zero-order valence-corrected chi connectivity index (χ0v) is 12.0. The lowest BCUT2D eigenvalue weighted by Gasteiger charge is -2.11. The second kappa shape index (κ2) is 6.02. The van der Waals surface area contributed by atoms with Gasteiger partial charge in [0.1, 0.15) is 5.75 Å². The Balaban J connectivity index is 2.34. The van der Waals surface area contributed by atoms with Crippen LogP contribution in [0.15, 0.2) is 28.7 Å². The number of pyridine rings is 1. The molecule has 0 saturated carbocycles. The van der Waals surface area contributed by atoms with Crippen molar-refractivity contribution in [1.82, 2.24) is 4.98 Å². The molecule has 106 valence electrons. The van der Waals surface area contributed by atoms with Crippen molar-refractivity contribution < 1.29 is 13.5 Å². The van der Waals surface area contributed by atoms with Gasteiger partial charge >= 0.3 is 0 Å². The molecular formula is C12H11BrF2N4O. The molecule has 0 unspecified atom stereocenters. The van der Waals surface area contributed by atoms with Gasteiger partial charge in [0, 0.05) is 17.8 Å². The van der Waals surface area contributed by atoms with Crippen LogP contribution in [0.2, 0.25) is 0 Å². The summed E-state index contributed by atoms with van der Waals surface area (Å²) < 4.78 is 32.8. The first-order valence-electron chi connectivity index (χ1n) is 5.48. The molecule has 2 rings (SSSR count). The Morgan fingerprint density at radius 3 is 2.55 bits per heavy atom. The van der Waals surface area contributed by atoms with Crippen molar-refractivity contribution in [3.05, 3.63) is 40.4 Å². The SMILES string of the molecule is COc1cc(Nc2nc(NN)c(F)cc2F)ccc1Br. The molecule has 0 spiro atoms. The van der Waals surface area contributed by atoms with Crippen LogP contribution in [0, 0.1) is 11.6 Å². The summed E-state index contributed by atoms with van der Waals surface area (Å²) in [4.78, 5) is 3.71. The van der Waals surface area contributed by atoms with Crippen LogP contribution in [0.3, 0.4) is 0 Å². The predicted molar refractivity (Wildman–Crippen MR) is 75.9 cm³/mol. The second-order valence-corrected chi connectivity index (χ2v) is 4.62. The Morgan fingerprint density at radius 1 is 1.20 bits per heavy atom. The smallest absolute Gasteiger partial charge is 0.178 e. The van der Waals surface area contributed by atoms with Gasteiger partial charge in [-0.2, -0.15) is 0 Å². The standard InChI is InChI=1S/C12H11BrF2N4O/c1-20-10-4-6(2-3-7(10)13)17-11-8(14)5-9(15)12(18-11)19-16/h2-5H,16H2,1H3,(H2,17,18,19). The molecule has 0 radical (unpaired) electrons. The molecular weight excluding hydrogens is 334 g/mol. The maximum absolute atomic E-state index is 13.6. The molecule has 0 aliphatic rings. The van der Waals surface area contributed by atoms with E-state index in [1.54, 1.807) is 18.2 Å². The molecule has 0 bridgehead atoms. The Kier molecular flexibility index (Phi) is 4.35. The highest BCUT2D eigenvalue weighted by atomic mass is 79.9. The Labute approximate surface area is 122 Å². The number of nitrogens with two attached hydrogens (primary N) is 1. The molecule has 0 atom stereocenters. The fourth-order valence-corrected chi connectivity index (χ4v) is 1.94. The molecule has 8 heteroatoms. The molecule has 1 aromatic heterocycles. The number of nitrogen functional groups attached to an aromatic ring is 1. The highest BCUT2D eigenvalue weighted by Crippen LogP contribution is 2.30. The van der Waals surface area contributed by atoms with E-state index in [0.29, 0.717) is 17.5 Å². The molecule has 5 nitrogen and oxygen atoms in total. The fraction of sp³-hybridized carbons (Fsp3) is 0.0833. The highest BCUT2D eigenvalue weighted by molar-refractivity contribution is 9.10. The average Bonchev–Trinajstić information content (AvgIpc) is 2.43. The van der Waals surface area contributed by atoms with E-state index in [2.05, 4.69) is 31.7 Å². The average molecular weight is 345 g/mol. The number of nitrogens with zero attached hydrogens (tertiary/aromatic N) is 1. The third-order valence-corrected chi connectivity index (χ3v) is 3.14. The van der Waals surface area contributed by atoms with Crippen LogP contribution in [0.1, 0.15) is 0 Å². The summed E-state index contributed by atoms with van der Waals surface area (Å²) in [7, 11) is 1.51. The molecule has 1 heterocycles. The largest absolute Gasteiger partial charge is 0.495 e. The summed E-state index contributed by atoms with van der Waals surface area (Å²) in [6.45, 7) is 0. The minimum absolute atomic E-state index is 0.149. The minimum Gasteiger partial charge on any atom is -0.495 e. The number of nitrogens with one attached hydrogen (secondary N) is 2. The number of hydrogen-bond acceptors (Lipinski definition) is 5. The first-order chi connectivity index (χ1) is 9.55. The van der Waals surface area contributed by atoms with Gasteiger partial charge in [-0.25, -0.2) is 19.6 Å². The lowest BCUT2D eigenvalue weighted by atomic mass is 10.3. The van der Waals surface area contributed by atoms with Crippen molar-refractivity contribution in [3.8, 4) is 5.75 Å². The zero-order chi connectivity index (χ0) is 14.7. The van der Waals surface area contributed by atoms with Crippen molar-refractivity contribution in [2.45, 2.75) is 0 Å². The summed E-state index contributed by atoms with van der Waals surface area (Å²) in [5.41, 5.74) is 2.59. The van der Waals surface area contributed by atoms with E-state index in [1.165, 1.54) is 7.11 Å². The monoisotopic (exact) mass is 344 g/mol. The summed E-state index contributed by atoms with van der Waals surface area (Å²) in [6.07, 6.45) is 0. The van der Waals surface area contributed by atoms with Crippen LogP contribution in [0.25, 0.3) is 0 Å². The summed E-state index contributed by atoms with van der Waals surface area (Å²) in [6, 6.07) is 5.75. The Bertz CT molecular complexity index is 639. The van der Waals surface area contributed by atoms with Gasteiger partial charge in [0.15, 0.2) is 23.3 Å². The quantitative estimate of drug-likeness (QED) is 0.587. The lowest BCUT2D eigenvalue weighted by Crippen LogP contribution is -2.12. The number of halogens is 3. The number of hydrazine groups is 1. The number of rotatable bonds is 4. The van der Waals surface area contributed by atoms with Crippen molar-refractivity contribution >= 4 is 33.3 Å². The molecule has 1 aromatic carbocycles. The van der Waals surface area contributed by atoms with Gasteiger partial charge in [-0.15, -0.1) is 0 Å². The zero-order valence-electron chi connectivity index (χ0n) is 10.4. The normalized spacial score (nSPS) is 10.2. The minimum atomic E-state index is -0.871. The van der Waals surface area contributed by atoms with Crippen molar-refractivity contribution in [2.75, 3.05) is 17.9 Å². The van der Waals surface area contributed by atoms with Gasteiger partial charge in [-0.3, -0.25) is 0 Å². The van der Waals surface area contributed by atoms with Gasteiger partial charge in [0.05, 0.1) is 11.6 Å². The van der Waals surface area contributed by atoms with Crippen LogP contribution < -0.4 is 21.3 Å². The third kappa shape index (κ3) is 2.97. The maximum Gasteiger partial charge on any atom is 0.178 e. The molecule has 0 aliphatic carbocycles. The van der Waals surface area contributed by atoms with E-state index >= 15 is 0 Å². The summed E-state index contributed by atoms with van der Waals surface area (Å²) >= 11 is 3.30. The molecule has 20 heavy (non-hydrogen) atoms. The molecule has 4 N–H and O–H groups in total. The van der Waals surface area contributed by atoms with Crippen molar-refractivity contribution in [1.29, 1.82) is 0 Å². The number of ether oxygens (including phenoxy) is 1. The van der Waals surface area contributed by atoms with E-state index in [9.17, 15) is 8.78 Å². The molecule has 2 aromatic rings. The first kappa shape index (κ1) is 14.5. The van der Waals surface area contributed by atoms with Crippen LogP contribution in [-0.2, 0) is 0 Å². The van der Waals surface area contributed by atoms with E-state index in [0.717, 1.165) is 4.47 Å². The number of methoxy groups -OCH3 is 1. The number of aromatic nitrogens is 1. The van der Waals surface area contributed by atoms with E-state index in [1.807, 2.05) is 0 Å². The second-order valence-electron chi connectivity index (χ2n) is 3.77. The molecule has 0 fully saturated rings.